The van der Waals surface area contributed by atoms with Gasteiger partial charge in [-0.25, -0.2) is 0 Å². The van der Waals surface area contributed by atoms with Gasteiger partial charge in [-0.2, -0.15) is 0 Å². The van der Waals surface area contributed by atoms with Crippen molar-refractivity contribution in [3.63, 3.8) is 0 Å². The summed E-state index contributed by atoms with van der Waals surface area (Å²) in [5, 5.41) is 3.20. The van der Waals surface area contributed by atoms with Gasteiger partial charge >= 0.3 is 0 Å². The average Bonchev–Trinajstić information content (AvgIpc) is 2.87. The lowest BCUT2D eigenvalue weighted by Gasteiger charge is -2.20. The van der Waals surface area contributed by atoms with Gasteiger partial charge in [-0.05, 0) is 40.0 Å². The van der Waals surface area contributed by atoms with Gasteiger partial charge < -0.3 is 10.1 Å². The number of amides is 1. The molecule has 0 aliphatic carbocycles. The maximum absolute atomic E-state index is 13.3. The summed E-state index contributed by atoms with van der Waals surface area (Å²) in [7, 11) is 1.64. The Hall–Kier alpha value is -4.11. The van der Waals surface area contributed by atoms with E-state index in [4.69, 9.17) is 4.74 Å². The van der Waals surface area contributed by atoms with E-state index in [0.29, 0.717) is 0 Å². The Bertz CT molecular complexity index is 1130. The molecule has 4 aromatic carbocycles. The first-order chi connectivity index (χ1) is 15.7. The van der Waals surface area contributed by atoms with E-state index in [2.05, 4.69) is 5.32 Å². The largest absolute Gasteiger partial charge is 0.497 e. The molecule has 0 saturated heterocycles. The molecule has 0 spiro atoms. The molecule has 4 aromatic rings. The van der Waals surface area contributed by atoms with Gasteiger partial charge in [0.2, 0.25) is 5.91 Å². The smallest absolute Gasteiger partial charge is 0.245 e. The van der Waals surface area contributed by atoms with Crippen molar-refractivity contribution < 1.29 is 9.53 Å². The third-order valence-corrected chi connectivity index (χ3v) is 5.31. The Kier molecular flexibility index (Phi) is 6.78. The van der Waals surface area contributed by atoms with Crippen LogP contribution in [-0.4, -0.2) is 13.0 Å². The van der Waals surface area contributed by atoms with E-state index in [0.717, 1.165) is 33.6 Å². The molecule has 0 aromatic heterocycles. The van der Waals surface area contributed by atoms with Crippen LogP contribution in [0.5, 0.6) is 5.75 Å². The van der Waals surface area contributed by atoms with Crippen LogP contribution in [0.15, 0.2) is 121 Å². The topological polar surface area (TPSA) is 38.3 Å². The SMILES string of the molecule is COc1ccc([C@H](NC(=O)C=C(c2ccccc2)c2ccccc2)c2ccccc2)cc1. The lowest BCUT2D eigenvalue weighted by molar-refractivity contribution is -0.116. The zero-order valence-electron chi connectivity index (χ0n) is 17.9. The molecule has 1 amide bonds. The van der Waals surface area contributed by atoms with Crippen LogP contribution in [0.2, 0.25) is 0 Å². The summed E-state index contributed by atoms with van der Waals surface area (Å²) in [5.74, 6) is 0.625. The molecular weight excluding hydrogens is 394 g/mol. The van der Waals surface area contributed by atoms with E-state index in [1.165, 1.54) is 0 Å². The molecule has 0 unspecified atom stereocenters. The highest BCUT2D eigenvalue weighted by molar-refractivity contribution is 5.99. The Labute approximate surface area is 189 Å². The van der Waals surface area contributed by atoms with Gasteiger partial charge in [0.1, 0.15) is 5.75 Å². The number of benzene rings is 4. The predicted molar refractivity (Wildman–Crippen MR) is 129 cm³/mol. The molecule has 3 heteroatoms. The normalized spacial score (nSPS) is 11.3. The van der Waals surface area contributed by atoms with Crippen molar-refractivity contribution in [3.05, 3.63) is 144 Å². The molecule has 0 saturated carbocycles. The molecular formula is C29H25NO2. The zero-order chi connectivity index (χ0) is 22.2. The highest BCUT2D eigenvalue weighted by Crippen LogP contribution is 2.26. The Balaban J connectivity index is 1.69. The second-order valence-corrected chi connectivity index (χ2v) is 7.42. The van der Waals surface area contributed by atoms with Crippen molar-refractivity contribution in [2.45, 2.75) is 6.04 Å². The molecule has 1 N–H and O–H groups in total. The van der Waals surface area contributed by atoms with Crippen LogP contribution in [0.4, 0.5) is 0 Å². The minimum absolute atomic E-state index is 0.155. The molecule has 1 atom stereocenters. The number of carbonyl (C=O) groups is 1. The monoisotopic (exact) mass is 419 g/mol. The molecule has 0 bridgehead atoms. The standard InChI is InChI=1S/C29H25NO2/c1-32-26-19-17-25(18-20-26)29(24-15-9-4-10-16-24)30-28(31)21-27(22-11-5-2-6-12-22)23-13-7-3-8-14-23/h2-21,29H,1H3,(H,30,31)/t29-/m1/s1. The summed E-state index contributed by atoms with van der Waals surface area (Å²) in [6.07, 6.45) is 1.68. The molecule has 3 nitrogen and oxygen atoms in total. The number of carbonyl (C=O) groups excluding carboxylic acids is 1. The molecule has 0 fully saturated rings. The van der Waals surface area contributed by atoms with Gasteiger partial charge in [0.25, 0.3) is 0 Å². The number of nitrogens with one attached hydrogen (secondary N) is 1. The van der Waals surface area contributed by atoms with Crippen molar-refractivity contribution >= 4 is 11.5 Å². The maximum atomic E-state index is 13.3. The number of rotatable bonds is 7. The Morgan fingerprint density at radius 1 is 0.688 bits per heavy atom. The van der Waals surface area contributed by atoms with E-state index >= 15 is 0 Å². The fourth-order valence-electron chi connectivity index (χ4n) is 3.68. The fourth-order valence-corrected chi connectivity index (χ4v) is 3.68. The van der Waals surface area contributed by atoms with Crippen LogP contribution < -0.4 is 10.1 Å². The number of methoxy groups -OCH3 is 1. The zero-order valence-corrected chi connectivity index (χ0v) is 17.9. The number of hydrogen-bond donors (Lipinski definition) is 1. The lowest BCUT2D eigenvalue weighted by Crippen LogP contribution is -2.28. The average molecular weight is 420 g/mol. The van der Waals surface area contributed by atoms with Crippen molar-refractivity contribution in [2.24, 2.45) is 0 Å². The summed E-state index contributed by atoms with van der Waals surface area (Å²) < 4.78 is 5.29. The minimum atomic E-state index is -0.279. The molecule has 0 aliphatic heterocycles. The highest BCUT2D eigenvalue weighted by Gasteiger charge is 2.17. The first-order valence-electron chi connectivity index (χ1n) is 10.6. The van der Waals surface area contributed by atoms with Crippen LogP contribution in [0.1, 0.15) is 28.3 Å². The quantitative estimate of drug-likeness (QED) is 0.371. The van der Waals surface area contributed by atoms with Gasteiger partial charge in [0.05, 0.1) is 13.2 Å². The van der Waals surface area contributed by atoms with Crippen LogP contribution in [0.3, 0.4) is 0 Å². The van der Waals surface area contributed by atoms with E-state index in [1.807, 2.05) is 115 Å². The molecule has 158 valence electrons. The third-order valence-electron chi connectivity index (χ3n) is 5.31. The second kappa shape index (κ2) is 10.3. The predicted octanol–water partition coefficient (Wildman–Crippen LogP) is 6.03. The molecule has 4 rings (SSSR count). The Morgan fingerprint density at radius 3 is 1.66 bits per heavy atom. The van der Waals surface area contributed by atoms with Gasteiger partial charge in [-0.15, -0.1) is 0 Å². The van der Waals surface area contributed by atoms with Gasteiger partial charge in [-0.1, -0.05) is 103 Å². The van der Waals surface area contributed by atoms with E-state index in [9.17, 15) is 4.79 Å². The third kappa shape index (κ3) is 5.13. The van der Waals surface area contributed by atoms with Gasteiger partial charge in [0, 0.05) is 6.08 Å². The highest BCUT2D eigenvalue weighted by atomic mass is 16.5. The summed E-state index contributed by atoms with van der Waals surface area (Å²) in [4.78, 5) is 13.3. The maximum Gasteiger partial charge on any atom is 0.245 e. The van der Waals surface area contributed by atoms with Crippen LogP contribution >= 0.6 is 0 Å². The van der Waals surface area contributed by atoms with Gasteiger partial charge in [-0.3, -0.25) is 4.79 Å². The second-order valence-electron chi connectivity index (χ2n) is 7.42. The fraction of sp³-hybridized carbons (Fsp3) is 0.0690. The summed E-state index contributed by atoms with van der Waals surface area (Å²) in [6.45, 7) is 0. The number of ether oxygens (including phenoxy) is 1. The van der Waals surface area contributed by atoms with Crippen molar-refractivity contribution in [3.8, 4) is 5.75 Å². The summed E-state index contributed by atoms with van der Waals surface area (Å²) in [6, 6.07) is 37.4. The molecule has 0 heterocycles. The van der Waals surface area contributed by atoms with Gasteiger partial charge in [0.15, 0.2) is 0 Å². The van der Waals surface area contributed by atoms with E-state index in [-0.39, 0.29) is 11.9 Å². The summed E-state index contributed by atoms with van der Waals surface area (Å²) in [5.41, 5.74) is 4.87. The number of hydrogen-bond acceptors (Lipinski definition) is 2. The molecule has 0 aliphatic rings. The Morgan fingerprint density at radius 2 is 1.16 bits per heavy atom. The summed E-state index contributed by atoms with van der Waals surface area (Å²) >= 11 is 0. The first-order valence-corrected chi connectivity index (χ1v) is 10.6. The first kappa shape index (κ1) is 21.1. The van der Waals surface area contributed by atoms with E-state index in [1.54, 1.807) is 13.2 Å². The van der Waals surface area contributed by atoms with E-state index < -0.39 is 0 Å². The lowest BCUT2D eigenvalue weighted by atomic mass is 9.96. The van der Waals surface area contributed by atoms with Crippen LogP contribution in [-0.2, 0) is 4.79 Å². The van der Waals surface area contributed by atoms with Crippen molar-refractivity contribution in [2.75, 3.05) is 7.11 Å². The van der Waals surface area contributed by atoms with Crippen molar-refractivity contribution in [1.82, 2.24) is 5.32 Å². The van der Waals surface area contributed by atoms with Crippen LogP contribution in [0, 0.1) is 0 Å². The van der Waals surface area contributed by atoms with Crippen molar-refractivity contribution in [1.29, 1.82) is 0 Å². The minimum Gasteiger partial charge on any atom is -0.497 e. The molecule has 0 radical (unpaired) electrons. The molecule has 32 heavy (non-hydrogen) atoms. The van der Waals surface area contributed by atoms with Crippen LogP contribution in [0.25, 0.3) is 5.57 Å².